The van der Waals surface area contributed by atoms with Crippen molar-refractivity contribution in [3.63, 3.8) is 0 Å². The molecule has 4 heteroatoms. The van der Waals surface area contributed by atoms with Crippen LogP contribution in [0.25, 0.3) is 0 Å². The molecule has 1 aromatic rings. The van der Waals surface area contributed by atoms with Gasteiger partial charge in [0.2, 0.25) is 5.91 Å². The van der Waals surface area contributed by atoms with Gasteiger partial charge in [-0.1, -0.05) is 26.0 Å². The van der Waals surface area contributed by atoms with Gasteiger partial charge in [0, 0.05) is 18.5 Å². The van der Waals surface area contributed by atoms with Gasteiger partial charge >= 0.3 is 5.97 Å². The number of carboxylic acid groups (broad SMARTS) is 1. The van der Waals surface area contributed by atoms with E-state index in [1.807, 2.05) is 24.3 Å². The molecule has 0 heterocycles. The lowest BCUT2D eigenvalue weighted by molar-refractivity contribution is -0.137. The van der Waals surface area contributed by atoms with Crippen molar-refractivity contribution in [2.24, 2.45) is 5.92 Å². The molecule has 104 valence electrons. The molecular weight excluding hydrogens is 242 g/mol. The highest BCUT2D eigenvalue weighted by Crippen LogP contribution is 2.12. The Hall–Kier alpha value is -1.84. The first-order valence-electron chi connectivity index (χ1n) is 6.58. The van der Waals surface area contributed by atoms with E-state index >= 15 is 0 Å². The average Bonchev–Trinajstić information content (AvgIpc) is 2.35. The van der Waals surface area contributed by atoms with Crippen LogP contribution < -0.4 is 5.32 Å². The Morgan fingerprint density at radius 1 is 1.16 bits per heavy atom. The van der Waals surface area contributed by atoms with Crippen LogP contribution in [0.4, 0.5) is 5.69 Å². The maximum absolute atomic E-state index is 11.6. The van der Waals surface area contributed by atoms with E-state index in [1.54, 1.807) is 0 Å². The van der Waals surface area contributed by atoms with Gasteiger partial charge in [-0.2, -0.15) is 0 Å². The molecule has 0 fully saturated rings. The molecule has 0 radical (unpaired) electrons. The van der Waals surface area contributed by atoms with Crippen molar-refractivity contribution >= 4 is 17.6 Å². The maximum atomic E-state index is 11.6. The molecule has 19 heavy (non-hydrogen) atoms. The summed E-state index contributed by atoms with van der Waals surface area (Å²) >= 11 is 0. The van der Waals surface area contributed by atoms with E-state index in [9.17, 15) is 9.59 Å². The van der Waals surface area contributed by atoms with Gasteiger partial charge in [-0.05, 0) is 36.5 Å². The highest BCUT2D eigenvalue weighted by molar-refractivity contribution is 5.90. The molecule has 0 aliphatic heterocycles. The number of nitrogens with one attached hydrogen (secondary N) is 1. The number of anilines is 1. The molecule has 4 nitrogen and oxygen atoms in total. The molecule has 0 aliphatic carbocycles. The summed E-state index contributed by atoms with van der Waals surface area (Å²) in [6, 6.07) is 7.32. The number of carboxylic acids is 1. The van der Waals surface area contributed by atoms with Crippen molar-refractivity contribution in [3.05, 3.63) is 29.8 Å². The minimum absolute atomic E-state index is 0.0204. The Kier molecular flexibility index (Phi) is 6.06. The first kappa shape index (κ1) is 15.2. The molecule has 1 aromatic carbocycles. The molecule has 0 saturated heterocycles. The fourth-order valence-corrected chi connectivity index (χ4v) is 1.65. The Bertz CT molecular complexity index is 424. The standard InChI is InChI=1S/C15H21NO3/c1-11(2)3-9-14(17)16-13-7-4-12(5-8-13)6-10-15(18)19/h4-5,7-8,11H,3,6,9-10H2,1-2H3,(H,16,17)(H,18,19). The maximum Gasteiger partial charge on any atom is 0.303 e. The first-order valence-corrected chi connectivity index (χ1v) is 6.58. The van der Waals surface area contributed by atoms with E-state index in [0.717, 1.165) is 17.7 Å². The molecule has 1 amide bonds. The number of aryl methyl sites for hydroxylation is 1. The summed E-state index contributed by atoms with van der Waals surface area (Å²) in [5.41, 5.74) is 1.72. The summed E-state index contributed by atoms with van der Waals surface area (Å²) in [4.78, 5) is 22.1. The third kappa shape index (κ3) is 6.60. The summed E-state index contributed by atoms with van der Waals surface area (Å²) in [5.74, 6) is -0.262. The summed E-state index contributed by atoms with van der Waals surface area (Å²) in [5, 5.41) is 11.4. The molecule has 0 atom stereocenters. The fraction of sp³-hybridized carbons (Fsp3) is 0.467. The zero-order valence-electron chi connectivity index (χ0n) is 11.5. The molecule has 0 bridgehead atoms. The number of carbonyl (C=O) groups excluding carboxylic acids is 1. The van der Waals surface area contributed by atoms with Crippen LogP contribution in [0.1, 0.15) is 38.7 Å². The molecule has 2 N–H and O–H groups in total. The number of aliphatic carboxylic acids is 1. The highest BCUT2D eigenvalue weighted by atomic mass is 16.4. The van der Waals surface area contributed by atoms with Crippen LogP contribution in [-0.2, 0) is 16.0 Å². The zero-order chi connectivity index (χ0) is 14.3. The Morgan fingerprint density at radius 3 is 2.32 bits per heavy atom. The predicted octanol–water partition coefficient (Wildman–Crippen LogP) is 3.08. The van der Waals surface area contributed by atoms with E-state index < -0.39 is 5.97 Å². The smallest absolute Gasteiger partial charge is 0.303 e. The lowest BCUT2D eigenvalue weighted by Gasteiger charge is -2.07. The molecule has 0 saturated carbocycles. The number of carbonyl (C=O) groups is 2. The summed E-state index contributed by atoms with van der Waals surface area (Å²) in [6.07, 6.45) is 2.04. The summed E-state index contributed by atoms with van der Waals surface area (Å²) in [6.45, 7) is 4.18. The lowest BCUT2D eigenvalue weighted by atomic mass is 10.1. The van der Waals surface area contributed by atoms with E-state index in [0.29, 0.717) is 18.8 Å². The number of hydrogen-bond acceptors (Lipinski definition) is 2. The van der Waals surface area contributed by atoms with Crippen LogP contribution in [0.5, 0.6) is 0 Å². The van der Waals surface area contributed by atoms with Crippen molar-refractivity contribution in [3.8, 4) is 0 Å². The third-order valence-electron chi connectivity index (χ3n) is 2.81. The van der Waals surface area contributed by atoms with E-state index in [-0.39, 0.29) is 12.3 Å². The van der Waals surface area contributed by atoms with Crippen LogP contribution in [0, 0.1) is 5.92 Å². The molecule has 1 rings (SSSR count). The molecule has 0 aliphatic rings. The van der Waals surface area contributed by atoms with Gasteiger partial charge in [-0.15, -0.1) is 0 Å². The monoisotopic (exact) mass is 263 g/mol. The van der Waals surface area contributed by atoms with E-state index in [2.05, 4.69) is 19.2 Å². The van der Waals surface area contributed by atoms with Gasteiger partial charge < -0.3 is 10.4 Å². The van der Waals surface area contributed by atoms with Crippen LogP contribution in [-0.4, -0.2) is 17.0 Å². The second-order valence-corrected chi connectivity index (χ2v) is 5.07. The molecule has 0 unspecified atom stereocenters. The Balaban J connectivity index is 2.43. The number of rotatable bonds is 7. The summed E-state index contributed by atoms with van der Waals surface area (Å²) in [7, 11) is 0. The van der Waals surface area contributed by atoms with Gasteiger partial charge in [0.1, 0.15) is 0 Å². The minimum Gasteiger partial charge on any atom is -0.481 e. The van der Waals surface area contributed by atoms with Crippen molar-refractivity contribution in [2.75, 3.05) is 5.32 Å². The van der Waals surface area contributed by atoms with Gasteiger partial charge in [0.25, 0.3) is 0 Å². The second-order valence-electron chi connectivity index (χ2n) is 5.07. The molecular formula is C15H21NO3. The van der Waals surface area contributed by atoms with Crippen molar-refractivity contribution in [2.45, 2.75) is 39.5 Å². The van der Waals surface area contributed by atoms with Gasteiger partial charge in [-0.25, -0.2) is 0 Å². The number of hydrogen-bond donors (Lipinski definition) is 2. The van der Waals surface area contributed by atoms with Crippen LogP contribution in [0.15, 0.2) is 24.3 Å². The Morgan fingerprint density at radius 2 is 1.79 bits per heavy atom. The van der Waals surface area contributed by atoms with Gasteiger partial charge in [0.05, 0.1) is 0 Å². The number of benzene rings is 1. The normalized spacial score (nSPS) is 10.5. The summed E-state index contributed by atoms with van der Waals surface area (Å²) < 4.78 is 0. The largest absolute Gasteiger partial charge is 0.481 e. The Labute approximate surface area is 113 Å². The lowest BCUT2D eigenvalue weighted by Crippen LogP contribution is -2.12. The predicted molar refractivity (Wildman–Crippen MR) is 75.1 cm³/mol. The second kappa shape index (κ2) is 7.56. The topological polar surface area (TPSA) is 66.4 Å². The average molecular weight is 263 g/mol. The van der Waals surface area contributed by atoms with Crippen LogP contribution >= 0.6 is 0 Å². The zero-order valence-corrected chi connectivity index (χ0v) is 11.5. The van der Waals surface area contributed by atoms with E-state index in [1.165, 1.54) is 0 Å². The van der Waals surface area contributed by atoms with Gasteiger partial charge in [-0.3, -0.25) is 9.59 Å². The van der Waals surface area contributed by atoms with Crippen molar-refractivity contribution in [1.29, 1.82) is 0 Å². The first-order chi connectivity index (χ1) is 8.97. The third-order valence-corrected chi connectivity index (χ3v) is 2.81. The van der Waals surface area contributed by atoms with Gasteiger partial charge in [0.15, 0.2) is 0 Å². The highest BCUT2D eigenvalue weighted by Gasteiger charge is 2.04. The molecule has 0 aromatic heterocycles. The SMILES string of the molecule is CC(C)CCC(=O)Nc1ccc(CCC(=O)O)cc1. The van der Waals surface area contributed by atoms with E-state index in [4.69, 9.17) is 5.11 Å². The fourth-order valence-electron chi connectivity index (χ4n) is 1.65. The van der Waals surface area contributed by atoms with Crippen molar-refractivity contribution < 1.29 is 14.7 Å². The van der Waals surface area contributed by atoms with Crippen LogP contribution in [0.3, 0.4) is 0 Å². The quantitative estimate of drug-likeness (QED) is 0.794. The number of amides is 1. The molecule has 0 spiro atoms. The van der Waals surface area contributed by atoms with Crippen LogP contribution in [0.2, 0.25) is 0 Å². The minimum atomic E-state index is -0.800. The van der Waals surface area contributed by atoms with Crippen molar-refractivity contribution in [1.82, 2.24) is 0 Å².